The van der Waals surface area contributed by atoms with Gasteiger partial charge in [0.1, 0.15) is 0 Å². The highest BCUT2D eigenvalue weighted by molar-refractivity contribution is 5.73. The molecule has 0 aromatic carbocycles. The molecule has 2 aliphatic rings. The van der Waals surface area contributed by atoms with Crippen LogP contribution in [0.2, 0.25) is 0 Å². The van der Waals surface area contributed by atoms with Crippen LogP contribution < -0.4 is 5.32 Å². The third-order valence-electron chi connectivity index (χ3n) is 2.86. The van der Waals surface area contributed by atoms with Gasteiger partial charge in [-0.3, -0.25) is 4.79 Å². The number of nitrogens with one attached hydrogen (secondary N) is 1. The Labute approximate surface area is 78.9 Å². The summed E-state index contributed by atoms with van der Waals surface area (Å²) in [5.74, 6) is 0.209. The minimum Gasteiger partial charge on any atom is -0.340 e. The Bertz CT molecular complexity index is 201. The van der Waals surface area contributed by atoms with E-state index in [2.05, 4.69) is 17.3 Å². The van der Waals surface area contributed by atoms with Crippen molar-refractivity contribution < 1.29 is 4.79 Å². The summed E-state index contributed by atoms with van der Waals surface area (Å²) < 4.78 is 0. The van der Waals surface area contributed by atoms with Crippen molar-refractivity contribution >= 4 is 5.91 Å². The molecule has 2 fully saturated rings. The quantitative estimate of drug-likeness (QED) is 0.530. The topological polar surface area (TPSA) is 35.6 Å². The third kappa shape index (κ3) is 1.84. The Morgan fingerprint density at radius 1 is 1.23 bits per heavy atom. The van der Waals surface area contributed by atoms with Crippen LogP contribution in [0.5, 0.6) is 0 Å². The summed E-state index contributed by atoms with van der Waals surface area (Å²) in [5.41, 5.74) is 0. The van der Waals surface area contributed by atoms with Crippen LogP contribution in [0.4, 0.5) is 0 Å². The minimum atomic E-state index is 0.209. The highest BCUT2D eigenvalue weighted by Gasteiger charge is 2.32. The highest BCUT2D eigenvalue weighted by atomic mass is 16.2. The second-order valence-electron chi connectivity index (χ2n) is 4.21. The molecule has 2 rings (SSSR count). The number of amides is 1. The average Bonchev–Trinajstić information content (AvgIpc) is 2.01. The minimum absolute atomic E-state index is 0.209. The second-order valence-corrected chi connectivity index (χ2v) is 4.21. The summed E-state index contributed by atoms with van der Waals surface area (Å²) in [5, 5.41) is 3.53. The summed E-state index contributed by atoms with van der Waals surface area (Å²) >= 11 is 0. The Balaban J connectivity index is 2.01. The summed E-state index contributed by atoms with van der Waals surface area (Å²) in [6.07, 6.45) is 0. The average molecular weight is 183 g/mol. The molecule has 2 bridgehead atoms. The molecule has 2 aliphatic heterocycles. The monoisotopic (exact) mass is 183 g/mol. The number of nitrogens with zero attached hydrogens (tertiary/aromatic N) is 2. The molecule has 1 amide bonds. The number of fused-ring (bicyclic) bond motifs is 2. The van der Waals surface area contributed by atoms with Gasteiger partial charge in [-0.2, -0.15) is 0 Å². The van der Waals surface area contributed by atoms with Crippen LogP contribution in [0.3, 0.4) is 0 Å². The van der Waals surface area contributed by atoms with E-state index in [1.165, 1.54) is 0 Å². The zero-order valence-electron chi connectivity index (χ0n) is 8.29. The second kappa shape index (κ2) is 3.27. The lowest BCUT2D eigenvalue weighted by Crippen LogP contribution is -2.66. The standard InChI is InChI=1S/C9H17N3O/c1-7(13)12-5-8-3-11(2)4-9(6-12)10-8/h8-10H,3-6H2,1-2H3/t8-,9+. The molecular formula is C9H17N3O. The molecule has 13 heavy (non-hydrogen) atoms. The van der Waals surface area contributed by atoms with E-state index in [4.69, 9.17) is 0 Å². The van der Waals surface area contributed by atoms with Crippen molar-refractivity contribution in [3.63, 3.8) is 0 Å². The van der Waals surface area contributed by atoms with Crippen molar-refractivity contribution in [3.8, 4) is 0 Å². The molecule has 0 aromatic rings. The number of hydrogen-bond acceptors (Lipinski definition) is 3. The Morgan fingerprint density at radius 3 is 2.23 bits per heavy atom. The van der Waals surface area contributed by atoms with E-state index in [9.17, 15) is 4.79 Å². The van der Waals surface area contributed by atoms with Gasteiger partial charge in [-0.15, -0.1) is 0 Å². The van der Waals surface area contributed by atoms with Gasteiger partial charge in [-0.25, -0.2) is 0 Å². The predicted octanol–water partition coefficient (Wildman–Crippen LogP) is -0.879. The number of rotatable bonds is 0. The maximum Gasteiger partial charge on any atom is 0.219 e. The fourth-order valence-electron chi connectivity index (χ4n) is 2.35. The normalized spacial score (nSPS) is 34.8. The van der Waals surface area contributed by atoms with Crippen LogP contribution in [0.1, 0.15) is 6.92 Å². The molecule has 0 aromatic heterocycles. The van der Waals surface area contributed by atoms with Crippen molar-refractivity contribution in [1.82, 2.24) is 15.1 Å². The predicted molar refractivity (Wildman–Crippen MR) is 50.5 cm³/mol. The van der Waals surface area contributed by atoms with Gasteiger partial charge in [0, 0.05) is 45.2 Å². The summed E-state index contributed by atoms with van der Waals surface area (Å²) in [7, 11) is 2.14. The van der Waals surface area contributed by atoms with Gasteiger partial charge < -0.3 is 15.1 Å². The van der Waals surface area contributed by atoms with Gasteiger partial charge in [0.25, 0.3) is 0 Å². The maximum atomic E-state index is 11.2. The first-order valence-corrected chi connectivity index (χ1v) is 4.85. The Kier molecular flexibility index (Phi) is 2.26. The van der Waals surface area contributed by atoms with E-state index in [1.807, 2.05) is 4.90 Å². The molecular weight excluding hydrogens is 166 g/mol. The van der Waals surface area contributed by atoms with Gasteiger partial charge in [-0.1, -0.05) is 0 Å². The molecule has 2 heterocycles. The fourth-order valence-corrected chi connectivity index (χ4v) is 2.35. The lowest BCUT2D eigenvalue weighted by atomic mass is 10.0. The summed E-state index contributed by atoms with van der Waals surface area (Å²) in [6, 6.07) is 0.947. The van der Waals surface area contributed by atoms with Gasteiger partial charge in [-0.05, 0) is 7.05 Å². The molecule has 4 heteroatoms. The molecule has 2 atom stereocenters. The third-order valence-corrected chi connectivity index (χ3v) is 2.86. The van der Waals surface area contributed by atoms with Crippen LogP contribution in [-0.4, -0.2) is 61.0 Å². The van der Waals surface area contributed by atoms with Gasteiger partial charge >= 0.3 is 0 Å². The SMILES string of the molecule is CC(=O)N1C[C@H]2CN(C)C[C@@H](C1)N2. The van der Waals surface area contributed by atoms with Crippen molar-refractivity contribution in [2.45, 2.75) is 19.0 Å². The van der Waals surface area contributed by atoms with Gasteiger partial charge in [0.15, 0.2) is 0 Å². The molecule has 0 radical (unpaired) electrons. The molecule has 0 saturated carbocycles. The summed E-state index contributed by atoms with van der Waals surface area (Å²) in [4.78, 5) is 15.5. The first kappa shape index (κ1) is 8.97. The largest absolute Gasteiger partial charge is 0.340 e. The summed E-state index contributed by atoms with van der Waals surface area (Å²) in [6.45, 7) is 5.51. The number of hydrogen-bond donors (Lipinski definition) is 1. The molecule has 0 spiro atoms. The van der Waals surface area contributed by atoms with Crippen molar-refractivity contribution in [2.75, 3.05) is 33.2 Å². The van der Waals surface area contributed by atoms with Crippen LogP contribution >= 0.6 is 0 Å². The Hall–Kier alpha value is -0.610. The van der Waals surface area contributed by atoms with E-state index >= 15 is 0 Å². The van der Waals surface area contributed by atoms with Gasteiger partial charge in [0.05, 0.1) is 0 Å². The lowest BCUT2D eigenvalue weighted by Gasteiger charge is -2.45. The van der Waals surface area contributed by atoms with Crippen LogP contribution in [0.25, 0.3) is 0 Å². The zero-order valence-corrected chi connectivity index (χ0v) is 8.29. The maximum absolute atomic E-state index is 11.2. The van der Waals surface area contributed by atoms with E-state index in [-0.39, 0.29) is 5.91 Å². The van der Waals surface area contributed by atoms with Crippen LogP contribution in [-0.2, 0) is 4.79 Å². The molecule has 4 nitrogen and oxygen atoms in total. The van der Waals surface area contributed by atoms with Crippen LogP contribution in [0.15, 0.2) is 0 Å². The van der Waals surface area contributed by atoms with Crippen molar-refractivity contribution in [2.24, 2.45) is 0 Å². The first-order chi connectivity index (χ1) is 6.15. The number of piperazine rings is 2. The number of likely N-dealkylation sites (N-methyl/N-ethyl adjacent to an activating group) is 1. The van der Waals surface area contributed by atoms with Crippen molar-refractivity contribution in [3.05, 3.63) is 0 Å². The molecule has 0 aliphatic carbocycles. The fraction of sp³-hybridized carbons (Fsp3) is 0.889. The molecule has 2 saturated heterocycles. The highest BCUT2D eigenvalue weighted by Crippen LogP contribution is 2.11. The van der Waals surface area contributed by atoms with Crippen molar-refractivity contribution in [1.29, 1.82) is 0 Å². The van der Waals surface area contributed by atoms with E-state index in [1.54, 1.807) is 6.92 Å². The number of carbonyl (C=O) groups is 1. The molecule has 74 valence electrons. The zero-order chi connectivity index (χ0) is 9.42. The Morgan fingerprint density at radius 2 is 1.77 bits per heavy atom. The molecule has 1 N–H and O–H groups in total. The molecule has 0 unspecified atom stereocenters. The lowest BCUT2D eigenvalue weighted by molar-refractivity contribution is -0.131. The number of carbonyl (C=O) groups excluding carboxylic acids is 1. The smallest absolute Gasteiger partial charge is 0.219 e. The van der Waals surface area contributed by atoms with Crippen LogP contribution in [0, 0.1) is 0 Å². The van der Waals surface area contributed by atoms with E-state index in [0.717, 1.165) is 26.2 Å². The van der Waals surface area contributed by atoms with Gasteiger partial charge in [0.2, 0.25) is 5.91 Å². The first-order valence-electron chi connectivity index (χ1n) is 4.85. The van der Waals surface area contributed by atoms with E-state index < -0.39 is 0 Å². The van der Waals surface area contributed by atoms with E-state index in [0.29, 0.717) is 12.1 Å².